The molecule has 8 rings (SSSR count). The van der Waals surface area contributed by atoms with E-state index in [4.69, 9.17) is 18.9 Å². The lowest BCUT2D eigenvalue weighted by Gasteiger charge is -2.30. The van der Waals surface area contributed by atoms with Crippen LogP contribution in [0.25, 0.3) is 0 Å². The van der Waals surface area contributed by atoms with Gasteiger partial charge in [0.05, 0.1) is 39.0 Å². The van der Waals surface area contributed by atoms with Crippen molar-refractivity contribution in [2.75, 3.05) is 33.5 Å². The summed E-state index contributed by atoms with van der Waals surface area (Å²) in [6, 6.07) is 30.6. The average molecular weight is 1010 g/mol. The van der Waals surface area contributed by atoms with Gasteiger partial charge in [0.25, 0.3) is 5.91 Å². The first-order valence-electron chi connectivity index (χ1n) is 24.7. The molecular weight excluding hydrogens is 949 g/mol. The number of ketones is 2. The third-order valence-corrected chi connectivity index (χ3v) is 13.7. The maximum atomic E-state index is 14.3. The van der Waals surface area contributed by atoms with Gasteiger partial charge in [0.2, 0.25) is 23.3 Å². The van der Waals surface area contributed by atoms with Crippen LogP contribution in [0.4, 0.5) is 0 Å². The minimum absolute atomic E-state index is 0.0206. The van der Waals surface area contributed by atoms with Crippen LogP contribution in [0.3, 0.4) is 0 Å². The Hall–Kier alpha value is -7.51. The van der Waals surface area contributed by atoms with E-state index in [1.165, 1.54) is 18.2 Å². The number of ether oxygens (including phenoxy) is 4. The standard InChI is InChI=1S/C56H62N6O12/c1-54(33-73-54)48(65)43(27-35-10-5-4-6-11-35)59-51(68)45(61-50(67)42-14-8-15-47(64)58-42)28-37-18-22-41(23-19-37)72-31-39-13-7-12-38(26-39)30-44(49(66)55(2)34-74-55)60-52(69)46(29-36-16-20-40(71-3)21-17-36)62-53(70)56(32-63)24-9-25-57-56/h4-8,10-23,26,43-46,57,63H,9,24-25,27-34H2,1-3H3,(H,58,64)(H,59,68)(H,60,69)(H,61,67)(H,62,70). The van der Waals surface area contributed by atoms with Crippen LogP contribution in [0.2, 0.25) is 0 Å². The molecule has 7 N–H and O–H groups in total. The van der Waals surface area contributed by atoms with Crippen LogP contribution in [0.15, 0.2) is 126 Å². The van der Waals surface area contributed by atoms with E-state index in [9.17, 15) is 38.7 Å². The van der Waals surface area contributed by atoms with Crippen LogP contribution in [0.5, 0.6) is 11.5 Å². The number of rotatable bonds is 25. The molecule has 3 aliphatic heterocycles. The molecule has 0 saturated carbocycles. The number of methoxy groups -OCH3 is 1. The largest absolute Gasteiger partial charge is 0.497 e. The molecule has 4 heterocycles. The van der Waals surface area contributed by atoms with E-state index in [0.29, 0.717) is 36.4 Å². The Morgan fingerprint density at radius 2 is 1.14 bits per heavy atom. The lowest BCUT2D eigenvalue weighted by molar-refractivity contribution is -0.135. The number of nitrogens with one attached hydrogen (secondary N) is 6. The number of amides is 4. The molecule has 3 fully saturated rings. The van der Waals surface area contributed by atoms with Crippen LogP contribution in [0.1, 0.15) is 65.0 Å². The molecule has 0 radical (unpaired) electrons. The van der Waals surface area contributed by atoms with E-state index < -0.39 is 76.7 Å². The van der Waals surface area contributed by atoms with E-state index in [0.717, 1.165) is 22.3 Å². The van der Waals surface area contributed by atoms with Crippen molar-refractivity contribution in [2.24, 2.45) is 0 Å². The van der Waals surface area contributed by atoms with Crippen LogP contribution in [0, 0.1) is 0 Å². The zero-order valence-corrected chi connectivity index (χ0v) is 41.6. The molecule has 7 atom stereocenters. The number of epoxide rings is 2. The first-order valence-corrected chi connectivity index (χ1v) is 24.7. The van der Waals surface area contributed by atoms with Gasteiger partial charge in [0.15, 0.2) is 11.6 Å². The van der Waals surface area contributed by atoms with Crippen LogP contribution in [-0.4, -0.2) is 120 Å². The van der Waals surface area contributed by atoms with Gasteiger partial charge < -0.3 is 55.6 Å². The summed E-state index contributed by atoms with van der Waals surface area (Å²) in [6.07, 6.45) is 1.51. The Labute approximate surface area is 428 Å². The van der Waals surface area contributed by atoms with Crippen molar-refractivity contribution in [2.45, 2.75) is 99.9 Å². The normalized spacial score (nSPS) is 21.2. The Balaban J connectivity index is 0.940. The molecular formula is C56H62N6O12. The van der Waals surface area contributed by atoms with Gasteiger partial charge >= 0.3 is 0 Å². The SMILES string of the molecule is COc1ccc(CC(NC(=O)C2(CO)CCCN2)C(=O)NC(Cc2cccc(COc3ccc(CC(NC(=O)c4cccc(=O)[nH]4)C(=O)NC(Cc4ccccc4)C(=O)C4(C)CO4)cc3)c2)C(=O)C2(C)CO2)cc1. The summed E-state index contributed by atoms with van der Waals surface area (Å²) < 4.78 is 22.5. The topological polar surface area (TPSA) is 259 Å². The molecule has 3 aliphatic rings. The molecule has 18 nitrogen and oxygen atoms in total. The Bertz CT molecular complexity index is 2880. The highest BCUT2D eigenvalue weighted by Gasteiger charge is 2.51. The number of carbonyl (C=O) groups is 6. The van der Waals surface area contributed by atoms with Gasteiger partial charge in [-0.15, -0.1) is 0 Å². The molecule has 388 valence electrons. The fourth-order valence-corrected chi connectivity index (χ4v) is 8.99. The zero-order valence-electron chi connectivity index (χ0n) is 41.6. The number of aliphatic hydroxyl groups is 1. The molecule has 0 aliphatic carbocycles. The van der Waals surface area contributed by atoms with E-state index in [1.807, 2.05) is 54.6 Å². The molecule has 3 saturated heterocycles. The number of aromatic nitrogens is 1. The van der Waals surface area contributed by atoms with Gasteiger partial charge in [-0.3, -0.25) is 33.6 Å². The summed E-state index contributed by atoms with van der Waals surface area (Å²) in [5.41, 5.74) is -0.159. The highest BCUT2D eigenvalue weighted by Crippen LogP contribution is 2.31. The number of aliphatic hydroxyl groups excluding tert-OH is 1. The van der Waals surface area contributed by atoms with Crippen molar-refractivity contribution in [3.63, 3.8) is 0 Å². The third-order valence-electron chi connectivity index (χ3n) is 13.7. The van der Waals surface area contributed by atoms with Crippen molar-refractivity contribution in [3.8, 4) is 11.5 Å². The second-order valence-electron chi connectivity index (χ2n) is 19.5. The van der Waals surface area contributed by atoms with Gasteiger partial charge in [-0.1, -0.05) is 84.9 Å². The molecule has 7 unspecified atom stereocenters. The number of carbonyl (C=O) groups excluding carboxylic acids is 6. The summed E-state index contributed by atoms with van der Waals surface area (Å²) in [4.78, 5) is 97.7. The predicted molar refractivity (Wildman–Crippen MR) is 271 cm³/mol. The quantitative estimate of drug-likeness (QED) is 0.0416. The number of Topliss-reactive ketones (excluding diaryl/α,β-unsaturated/α-hetero) is 2. The summed E-state index contributed by atoms with van der Waals surface area (Å²) in [5, 5.41) is 24.8. The average Bonchev–Trinajstić information content (AvgIpc) is 4.30. The van der Waals surface area contributed by atoms with Crippen molar-refractivity contribution in [1.29, 1.82) is 0 Å². The van der Waals surface area contributed by atoms with E-state index >= 15 is 0 Å². The smallest absolute Gasteiger partial charge is 0.268 e. The van der Waals surface area contributed by atoms with E-state index in [2.05, 4.69) is 31.6 Å². The Kier molecular flexibility index (Phi) is 16.5. The summed E-state index contributed by atoms with van der Waals surface area (Å²) in [7, 11) is 1.55. The first-order chi connectivity index (χ1) is 35.6. The summed E-state index contributed by atoms with van der Waals surface area (Å²) in [6.45, 7) is 4.00. The Morgan fingerprint density at radius 1 is 0.622 bits per heavy atom. The van der Waals surface area contributed by atoms with Crippen LogP contribution >= 0.6 is 0 Å². The number of aromatic amines is 1. The molecule has 0 spiro atoms. The molecule has 18 heteroatoms. The minimum atomic E-state index is -1.23. The van der Waals surface area contributed by atoms with Crippen molar-refractivity contribution in [1.82, 2.24) is 31.6 Å². The molecule has 5 aromatic rings. The van der Waals surface area contributed by atoms with Gasteiger partial charge in [-0.05, 0) is 104 Å². The maximum absolute atomic E-state index is 14.3. The zero-order chi connectivity index (χ0) is 52.5. The molecule has 0 bridgehead atoms. The lowest BCUT2D eigenvalue weighted by Crippen LogP contribution is -2.61. The number of hydrogen-bond donors (Lipinski definition) is 7. The molecule has 4 aromatic carbocycles. The highest BCUT2D eigenvalue weighted by molar-refractivity contribution is 6.00. The van der Waals surface area contributed by atoms with Gasteiger partial charge in [0, 0.05) is 18.9 Å². The van der Waals surface area contributed by atoms with Crippen molar-refractivity contribution in [3.05, 3.63) is 165 Å². The van der Waals surface area contributed by atoms with Gasteiger partial charge in [0.1, 0.15) is 52.6 Å². The second-order valence-corrected chi connectivity index (χ2v) is 19.5. The number of hydrogen-bond acceptors (Lipinski definition) is 13. The first kappa shape index (κ1) is 52.8. The summed E-state index contributed by atoms with van der Waals surface area (Å²) >= 11 is 0. The maximum Gasteiger partial charge on any atom is 0.268 e. The number of H-pyrrole nitrogens is 1. The fourth-order valence-electron chi connectivity index (χ4n) is 8.99. The van der Waals surface area contributed by atoms with Gasteiger partial charge in [-0.2, -0.15) is 0 Å². The van der Waals surface area contributed by atoms with E-state index in [-0.39, 0.29) is 62.8 Å². The van der Waals surface area contributed by atoms with Crippen molar-refractivity contribution < 1.29 is 52.8 Å². The van der Waals surface area contributed by atoms with Crippen LogP contribution < -0.4 is 41.6 Å². The van der Waals surface area contributed by atoms with Gasteiger partial charge in [-0.25, -0.2) is 0 Å². The second kappa shape index (κ2) is 23.1. The lowest BCUT2D eigenvalue weighted by atomic mass is 9.93. The van der Waals surface area contributed by atoms with E-state index in [1.54, 1.807) is 69.5 Å². The highest BCUT2D eigenvalue weighted by atomic mass is 16.6. The van der Waals surface area contributed by atoms with Crippen LogP contribution in [-0.2, 0) is 65.7 Å². The minimum Gasteiger partial charge on any atom is -0.497 e. The monoisotopic (exact) mass is 1010 g/mol. The molecule has 74 heavy (non-hydrogen) atoms. The van der Waals surface area contributed by atoms with Crippen molar-refractivity contribution >= 4 is 35.2 Å². The summed E-state index contributed by atoms with van der Waals surface area (Å²) in [5.74, 6) is -1.86. The fraction of sp³-hybridized carbons (Fsp3) is 0.375. The Morgan fingerprint density at radius 3 is 1.68 bits per heavy atom. The number of benzene rings is 4. The predicted octanol–water partition coefficient (Wildman–Crippen LogP) is 2.62. The third kappa shape index (κ3) is 13.4. The molecule has 1 aromatic heterocycles. The number of pyridine rings is 1. The molecule has 4 amide bonds.